The number of methoxy groups -OCH3 is 1. The summed E-state index contributed by atoms with van der Waals surface area (Å²) in [6, 6.07) is 5.72. The van der Waals surface area contributed by atoms with Gasteiger partial charge in [-0.1, -0.05) is 12.1 Å². The molecule has 1 aliphatic heterocycles. The van der Waals surface area contributed by atoms with Crippen molar-refractivity contribution in [1.29, 1.82) is 0 Å². The quantitative estimate of drug-likeness (QED) is 0.815. The topological polar surface area (TPSA) is 101 Å². The highest BCUT2D eigenvalue weighted by Crippen LogP contribution is 2.26. The number of benzene rings is 1. The Balaban J connectivity index is 2.37. The number of carbonyl (C=O) groups excluding carboxylic acids is 1. The Morgan fingerprint density at radius 1 is 1.33 bits per heavy atom. The first-order valence-electron chi connectivity index (χ1n) is 6.28. The third-order valence-corrected chi connectivity index (χ3v) is 5.33. The van der Waals surface area contributed by atoms with Gasteiger partial charge >= 0.3 is 11.9 Å². The predicted molar refractivity (Wildman–Crippen MR) is 72.3 cm³/mol. The predicted octanol–water partition coefficient (Wildman–Crippen LogP) is 0.568. The molecule has 0 bridgehead atoms. The van der Waals surface area contributed by atoms with Crippen molar-refractivity contribution in [3.05, 3.63) is 29.8 Å². The fraction of sp³-hybridized carbons (Fsp3) is 0.385. The number of esters is 1. The summed E-state index contributed by atoms with van der Waals surface area (Å²) >= 11 is 0. The van der Waals surface area contributed by atoms with Crippen LogP contribution in [0.5, 0.6) is 0 Å². The fourth-order valence-corrected chi connectivity index (χ4v) is 3.94. The molecule has 1 unspecified atom stereocenters. The first-order chi connectivity index (χ1) is 9.87. The van der Waals surface area contributed by atoms with E-state index in [1.54, 1.807) is 0 Å². The zero-order valence-corrected chi connectivity index (χ0v) is 12.2. The lowest BCUT2D eigenvalue weighted by Crippen LogP contribution is -2.31. The highest BCUT2D eigenvalue weighted by atomic mass is 32.2. The Morgan fingerprint density at radius 2 is 2.00 bits per heavy atom. The van der Waals surface area contributed by atoms with Crippen LogP contribution in [-0.2, 0) is 19.6 Å². The van der Waals surface area contributed by atoms with Crippen LogP contribution >= 0.6 is 0 Å². The molecule has 1 aliphatic rings. The number of ether oxygens (including phenoxy) is 1. The molecule has 0 radical (unpaired) electrons. The number of hydrogen-bond donors (Lipinski definition) is 1. The van der Waals surface area contributed by atoms with Crippen LogP contribution in [0.3, 0.4) is 0 Å². The van der Waals surface area contributed by atoms with Gasteiger partial charge in [-0.3, -0.25) is 4.79 Å². The lowest BCUT2D eigenvalue weighted by molar-refractivity contribution is -0.141. The normalized spacial score (nSPS) is 19.4. The van der Waals surface area contributed by atoms with Crippen LogP contribution in [-0.4, -0.2) is 50.0 Å². The minimum absolute atomic E-state index is 0.0567. The lowest BCUT2D eigenvalue weighted by Gasteiger charge is -2.17. The van der Waals surface area contributed by atoms with E-state index in [0.29, 0.717) is 0 Å². The Bertz CT molecular complexity index is 669. The Hall–Kier alpha value is -1.93. The van der Waals surface area contributed by atoms with Gasteiger partial charge in [0.15, 0.2) is 0 Å². The number of carboxylic acids is 1. The van der Waals surface area contributed by atoms with Crippen molar-refractivity contribution in [3.63, 3.8) is 0 Å². The van der Waals surface area contributed by atoms with E-state index in [4.69, 9.17) is 5.11 Å². The third-order valence-electron chi connectivity index (χ3n) is 3.41. The van der Waals surface area contributed by atoms with Gasteiger partial charge in [0.1, 0.15) is 0 Å². The molecule has 7 nitrogen and oxygen atoms in total. The van der Waals surface area contributed by atoms with Crippen molar-refractivity contribution in [2.75, 3.05) is 20.2 Å². The Morgan fingerprint density at radius 3 is 2.57 bits per heavy atom. The van der Waals surface area contributed by atoms with Gasteiger partial charge < -0.3 is 9.84 Å². The van der Waals surface area contributed by atoms with E-state index in [-0.39, 0.29) is 30.0 Å². The molecule has 1 N–H and O–H groups in total. The standard InChI is InChI=1S/C13H15NO6S/c1-20-13(17)10-4-2-3-5-11(10)21(18,19)14-7-6-9(8-14)12(15)16/h2-5,9H,6-8H2,1H3,(H,15,16). The number of nitrogens with zero attached hydrogens (tertiary/aromatic N) is 1. The van der Waals surface area contributed by atoms with Crippen LogP contribution in [0.4, 0.5) is 0 Å². The molecule has 0 aromatic heterocycles. The molecule has 1 fully saturated rings. The summed E-state index contributed by atoms with van der Waals surface area (Å²) in [6.45, 7) is 0.0297. The number of hydrogen-bond acceptors (Lipinski definition) is 5. The van der Waals surface area contributed by atoms with Gasteiger partial charge in [0.05, 0.1) is 23.5 Å². The minimum Gasteiger partial charge on any atom is -0.481 e. The number of rotatable bonds is 4. The van der Waals surface area contributed by atoms with Crippen molar-refractivity contribution in [2.45, 2.75) is 11.3 Å². The Labute approximate surface area is 122 Å². The smallest absolute Gasteiger partial charge is 0.339 e. The van der Waals surface area contributed by atoms with Crippen molar-refractivity contribution in [1.82, 2.24) is 4.31 Å². The average molecular weight is 313 g/mol. The van der Waals surface area contributed by atoms with Gasteiger partial charge in [0.2, 0.25) is 10.0 Å². The second-order valence-corrected chi connectivity index (χ2v) is 6.58. The highest BCUT2D eigenvalue weighted by Gasteiger charge is 2.37. The molecule has 1 heterocycles. The van der Waals surface area contributed by atoms with E-state index in [1.807, 2.05) is 0 Å². The fourth-order valence-electron chi connectivity index (χ4n) is 2.26. The Kier molecular flexibility index (Phi) is 4.29. The first kappa shape index (κ1) is 15.5. The number of sulfonamides is 1. The summed E-state index contributed by atoms with van der Waals surface area (Å²) < 4.78 is 30.8. The maximum absolute atomic E-state index is 12.6. The maximum atomic E-state index is 12.6. The van der Waals surface area contributed by atoms with Crippen LogP contribution in [0.15, 0.2) is 29.2 Å². The molecular formula is C13H15NO6S. The molecule has 1 aromatic carbocycles. The van der Waals surface area contributed by atoms with E-state index in [9.17, 15) is 18.0 Å². The molecule has 1 aromatic rings. The summed E-state index contributed by atoms with van der Waals surface area (Å²) in [7, 11) is -2.75. The summed E-state index contributed by atoms with van der Waals surface area (Å²) in [4.78, 5) is 22.4. The zero-order chi connectivity index (χ0) is 15.6. The molecule has 0 spiro atoms. The van der Waals surface area contributed by atoms with Crippen LogP contribution in [0.1, 0.15) is 16.8 Å². The van der Waals surface area contributed by atoms with E-state index >= 15 is 0 Å². The molecule has 0 aliphatic carbocycles. The van der Waals surface area contributed by atoms with Crippen molar-refractivity contribution >= 4 is 22.0 Å². The SMILES string of the molecule is COC(=O)c1ccccc1S(=O)(=O)N1CCC(C(=O)O)C1. The second-order valence-electron chi connectivity index (χ2n) is 4.67. The minimum atomic E-state index is -3.92. The maximum Gasteiger partial charge on any atom is 0.339 e. The number of carboxylic acid groups (broad SMARTS) is 1. The molecule has 114 valence electrons. The van der Waals surface area contributed by atoms with Gasteiger partial charge in [0, 0.05) is 13.1 Å². The summed E-state index contributed by atoms with van der Waals surface area (Å²) in [5.74, 6) is -2.48. The van der Waals surface area contributed by atoms with Crippen LogP contribution < -0.4 is 0 Å². The summed E-state index contributed by atoms with van der Waals surface area (Å²) in [5.41, 5.74) is -0.0567. The van der Waals surface area contributed by atoms with Gasteiger partial charge in [-0.15, -0.1) is 0 Å². The van der Waals surface area contributed by atoms with Crippen LogP contribution in [0, 0.1) is 5.92 Å². The van der Waals surface area contributed by atoms with E-state index in [1.165, 1.54) is 31.4 Å². The zero-order valence-electron chi connectivity index (χ0n) is 11.4. The largest absolute Gasteiger partial charge is 0.481 e. The van der Waals surface area contributed by atoms with Gasteiger partial charge in [-0.25, -0.2) is 13.2 Å². The van der Waals surface area contributed by atoms with Crippen molar-refractivity contribution in [2.24, 2.45) is 5.92 Å². The van der Waals surface area contributed by atoms with E-state index < -0.39 is 27.9 Å². The second kappa shape index (κ2) is 5.82. The molecule has 0 saturated carbocycles. The van der Waals surface area contributed by atoms with Crippen LogP contribution in [0.2, 0.25) is 0 Å². The third kappa shape index (κ3) is 2.91. The number of carbonyl (C=O) groups is 2. The van der Waals surface area contributed by atoms with Crippen molar-refractivity contribution < 1.29 is 27.9 Å². The van der Waals surface area contributed by atoms with Crippen molar-refractivity contribution in [3.8, 4) is 0 Å². The molecule has 0 amide bonds. The molecule has 2 rings (SSSR count). The molecular weight excluding hydrogens is 298 g/mol. The molecule has 1 saturated heterocycles. The van der Waals surface area contributed by atoms with Crippen LogP contribution in [0.25, 0.3) is 0 Å². The lowest BCUT2D eigenvalue weighted by atomic mass is 10.1. The van der Waals surface area contributed by atoms with Gasteiger partial charge in [-0.2, -0.15) is 4.31 Å². The monoisotopic (exact) mass is 313 g/mol. The molecule has 1 atom stereocenters. The molecule has 8 heteroatoms. The van der Waals surface area contributed by atoms with Gasteiger partial charge in [-0.05, 0) is 18.6 Å². The first-order valence-corrected chi connectivity index (χ1v) is 7.72. The highest BCUT2D eigenvalue weighted by molar-refractivity contribution is 7.89. The summed E-state index contributed by atoms with van der Waals surface area (Å²) in [5, 5.41) is 8.95. The van der Waals surface area contributed by atoms with Gasteiger partial charge in [0.25, 0.3) is 0 Å². The average Bonchev–Trinajstić information content (AvgIpc) is 2.97. The summed E-state index contributed by atoms with van der Waals surface area (Å²) in [6.07, 6.45) is 0.259. The van der Waals surface area contributed by atoms with E-state index in [2.05, 4.69) is 4.74 Å². The van der Waals surface area contributed by atoms with E-state index in [0.717, 1.165) is 4.31 Å². The number of aliphatic carboxylic acids is 1. The molecule has 21 heavy (non-hydrogen) atoms.